The third-order valence-electron chi connectivity index (χ3n) is 5.59. The van der Waals surface area contributed by atoms with Crippen LogP contribution in [0.5, 0.6) is 11.5 Å². The van der Waals surface area contributed by atoms with Gasteiger partial charge in [0.05, 0.1) is 11.1 Å². The van der Waals surface area contributed by atoms with E-state index >= 15 is 0 Å². The molecule has 0 fully saturated rings. The van der Waals surface area contributed by atoms with Crippen molar-refractivity contribution in [3.8, 4) is 17.6 Å². The first-order valence-electron chi connectivity index (χ1n) is 11.1. The van der Waals surface area contributed by atoms with Crippen molar-refractivity contribution in [1.29, 1.82) is 5.26 Å². The molecular formula is C29H17F4NO4. The molecule has 5 nitrogen and oxygen atoms in total. The fourth-order valence-corrected chi connectivity index (χ4v) is 3.48. The molecule has 190 valence electrons. The predicted octanol–water partition coefficient (Wildman–Crippen LogP) is 6.45. The zero-order valence-electron chi connectivity index (χ0n) is 19.7. The minimum absolute atomic E-state index is 0.140. The van der Waals surface area contributed by atoms with Crippen molar-refractivity contribution in [3.63, 3.8) is 0 Å². The normalized spacial score (nSPS) is 10.5. The summed E-state index contributed by atoms with van der Waals surface area (Å²) in [6.45, 7) is 1.27. The lowest BCUT2D eigenvalue weighted by Crippen LogP contribution is -2.09. The van der Waals surface area contributed by atoms with E-state index in [0.717, 1.165) is 35.4 Å². The highest BCUT2D eigenvalue weighted by Gasteiger charge is 2.16. The number of benzene rings is 4. The van der Waals surface area contributed by atoms with Crippen molar-refractivity contribution < 1.29 is 36.6 Å². The van der Waals surface area contributed by atoms with Crippen LogP contribution >= 0.6 is 0 Å². The van der Waals surface area contributed by atoms with Gasteiger partial charge in [0, 0.05) is 29.8 Å². The summed E-state index contributed by atoms with van der Waals surface area (Å²) in [6, 6.07) is 17.5. The zero-order chi connectivity index (χ0) is 27.4. The molecule has 0 amide bonds. The fraction of sp³-hybridized carbons (Fsp3) is 0.0690. The summed E-state index contributed by atoms with van der Waals surface area (Å²) >= 11 is 0. The van der Waals surface area contributed by atoms with Crippen molar-refractivity contribution in [1.82, 2.24) is 0 Å². The smallest absolute Gasteiger partial charge is 0.343 e. The van der Waals surface area contributed by atoms with Crippen molar-refractivity contribution in [2.45, 2.75) is 13.3 Å². The number of ether oxygens (including phenoxy) is 2. The van der Waals surface area contributed by atoms with Crippen LogP contribution in [0.4, 0.5) is 17.6 Å². The number of rotatable bonds is 6. The Bertz CT molecular complexity index is 1530. The van der Waals surface area contributed by atoms with Crippen molar-refractivity contribution in [3.05, 3.63) is 129 Å². The van der Waals surface area contributed by atoms with Gasteiger partial charge in [-0.25, -0.2) is 27.2 Å². The van der Waals surface area contributed by atoms with E-state index in [1.807, 2.05) is 0 Å². The number of hydrogen-bond donors (Lipinski definition) is 0. The van der Waals surface area contributed by atoms with Crippen LogP contribution in [-0.2, 0) is 6.42 Å². The van der Waals surface area contributed by atoms with E-state index in [1.54, 1.807) is 24.3 Å². The molecule has 0 aliphatic heterocycles. The van der Waals surface area contributed by atoms with E-state index in [9.17, 15) is 27.2 Å². The van der Waals surface area contributed by atoms with Gasteiger partial charge >= 0.3 is 11.9 Å². The van der Waals surface area contributed by atoms with E-state index in [2.05, 4.69) is 0 Å². The van der Waals surface area contributed by atoms with Gasteiger partial charge in [-0.15, -0.1) is 0 Å². The Morgan fingerprint density at radius 1 is 0.684 bits per heavy atom. The van der Waals surface area contributed by atoms with Crippen LogP contribution in [0.2, 0.25) is 0 Å². The lowest BCUT2D eigenvalue weighted by molar-refractivity contribution is 0.0724. The van der Waals surface area contributed by atoms with Gasteiger partial charge in [0.25, 0.3) is 0 Å². The van der Waals surface area contributed by atoms with Crippen LogP contribution in [-0.4, -0.2) is 11.9 Å². The Morgan fingerprint density at radius 2 is 1.05 bits per heavy atom. The maximum absolute atomic E-state index is 13.7. The number of carbonyl (C=O) groups is 2. The first-order chi connectivity index (χ1) is 18.1. The quantitative estimate of drug-likeness (QED) is 0.166. The van der Waals surface area contributed by atoms with Gasteiger partial charge in [-0.1, -0.05) is 24.3 Å². The van der Waals surface area contributed by atoms with Crippen LogP contribution in [0.1, 0.15) is 43.0 Å². The molecule has 4 rings (SSSR count). The maximum atomic E-state index is 13.7. The van der Waals surface area contributed by atoms with Crippen LogP contribution in [0.15, 0.2) is 72.8 Å². The summed E-state index contributed by atoms with van der Waals surface area (Å²) < 4.78 is 64.9. The number of carbonyl (C=O) groups excluding carboxylic acids is 2. The third-order valence-corrected chi connectivity index (χ3v) is 5.59. The highest BCUT2D eigenvalue weighted by molar-refractivity contribution is 5.91. The fourth-order valence-electron chi connectivity index (χ4n) is 3.48. The van der Waals surface area contributed by atoms with Gasteiger partial charge in [-0.2, -0.15) is 5.26 Å². The third kappa shape index (κ3) is 5.87. The van der Waals surface area contributed by atoms with E-state index in [1.165, 1.54) is 37.3 Å². The van der Waals surface area contributed by atoms with Crippen LogP contribution < -0.4 is 9.47 Å². The molecule has 4 aromatic rings. The Morgan fingerprint density at radius 3 is 1.42 bits per heavy atom. The first-order valence-corrected chi connectivity index (χ1v) is 11.1. The molecule has 0 unspecified atom stereocenters. The Hall–Kier alpha value is -4.97. The van der Waals surface area contributed by atoms with Gasteiger partial charge in [0.15, 0.2) is 0 Å². The highest BCUT2D eigenvalue weighted by Crippen LogP contribution is 2.23. The average Bonchev–Trinajstić information content (AvgIpc) is 2.88. The molecule has 0 atom stereocenters. The Labute approximate surface area is 214 Å². The van der Waals surface area contributed by atoms with Crippen LogP contribution in [0, 0.1) is 41.5 Å². The number of halogens is 4. The van der Waals surface area contributed by atoms with E-state index in [4.69, 9.17) is 14.7 Å². The molecule has 0 radical (unpaired) electrons. The largest absolute Gasteiger partial charge is 0.423 e. The molecule has 4 aromatic carbocycles. The van der Waals surface area contributed by atoms with Crippen LogP contribution in [0.3, 0.4) is 0 Å². The second kappa shape index (κ2) is 11.0. The lowest BCUT2D eigenvalue weighted by atomic mass is 10.0. The molecule has 0 aliphatic rings. The van der Waals surface area contributed by atoms with Crippen molar-refractivity contribution in [2.24, 2.45) is 0 Å². The summed E-state index contributed by atoms with van der Waals surface area (Å²) in [5, 5.41) is 8.72. The lowest BCUT2D eigenvalue weighted by Gasteiger charge is -2.08. The first kappa shape index (κ1) is 26.1. The van der Waals surface area contributed by atoms with Crippen molar-refractivity contribution >= 4 is 11.9 Å². The maximum Gasteiger partial charge on any atom is 0.343 e. The van der Waals surface area contributed by atoms with Gasteiger partial charge in [0.2, 0.25) is 0 Å². The summed E-state index contributed by atoms with van der Waals surface area (Å²) in [7, 11) is 0. The van der Waals surface area contributed by atoms with E-state index < -0.39 is 40.8 Å². The second-order valence-electron chi connectivity index (χ2n) is 8.24. The van der Waals surface area contributed by atoms with Crippen molar-refractivity contribution in [2.75, 3.05) is 0 Å². The SMILES string of the molecule is Cc1c(F)cc(OC(=O)c2ccc(Cc3ccc(C(=O)Oc4cc(F)c(C#N)c(F)c4)cc3)cc2)cc1F. The number of nitrogens with zero attached hydrogens (tertiary/aromatic N) is 1. The topological polar surface area (TPSA) is 76.4 Å². The Balaban J connectivity index is 1.37. The summed E-state index contributed by atoms with van der Waals surface area (Å²) in [6.07, 6.45) is 0.449. The van der Waals surface area contributed by atoms with E-state index in [0.29, 0.717) is 6.42 Å². The van der Waals surface area contributed by atoms with Gasteiger partial charge < -0.3 is 9.47 Å². The molecule has 9 heteroatoms. The van der Waals surface area contributed by atoms with Gasteiger partial charge in [0.1, 0.15) is 46.4 Å². The summed E-state index contributed by atoms with van der Waals surface area (Å²) in [5.41, 5.74) is 1.03. The molecule has 0 N–H and O–H groups in total. The number of hydrogen-bond acceptors (Lipinski definition) is 5. The molecule has 0 aliphatic carbocycles. The van der Waals surface area contributed by atoms with Gasteiger partial charge in [-0.05, 0) is 48.7 Å². The molecule has 0 aromatic heterocycles. The molecule has 0 saturated heterocycles. The number of esters is 2. The predicted molar refractivity (Wildman–Crippen MR) is 128 cm³/mol. The monoisotopic (exact) mass is 519 g/mol. The molecule has 0 heterocycles. The highest BCUT2D eigenvalue weighted by atomic mass is 19.1. The van der Waals surface area contributed by atoms with Gasteiger partial charge in [-0.3, -0.25) is 0 Å². The minimum atomic E-state index is -1.14. The van der Waals surface area contributed by atoms with E-state index in [-0.39, 0.29) is 28.2 Å². The second-order valence-corrected chi connectivity index (χ2v) is 8.24. The summed E-state index contributed by atoms with van der Waals surface area (Å²) in [4.78, 5) is 24.7. The zero-order valence-corrected chi connectivity index (χ0v) is 19.7. The Kier molecular flexibility index (Phi) is 7.53. The molecule has 0 spiro atoms. The number of nitriles is 1. The standard InChI is InChI=1S/C29H17F4NO4/c1-16-24(30)11-21(12-25(16)31)37-28(35)19-6-2-17(3-7-19)10-18-4-8-20(9-5-18)29(36)38-22-13-26(32)23(15-34)27(33)14-22/h2-9,11-14H,10H2,1H3. The minimum Gasteiger partial charge on any atom is -0.423 e. The summed E-state index contributed by atoms with van der Waals surface area (Å²) in [5.74, 6) is -6.14. The molecule has 0 saturated carbocycles. The molecule has 38 heavy (non-hydrogen) atoms. The molecule has 0 bridgehead atoms. The van der Waals surface area contributed by atoms with Crippen LogP contribution in [0.25, 0.3) is 0 Å². The molecular weight excluding hydrogens is 502 g/mol. The average molecular weight is 519 g/mol.